The van der Waals surface area contributed by atoms with E-state index in [-0.39, 0.29) is 32.0 Å². The minimum absolute atomic E-state index is 0.140. The van der Waals surface area contributed by atoms with Crippen molar-refractivity contribution in [1.29, 1.82) is 0 Å². The van der Waals surface area contributed by atoms with Crippen LogP contribution < -0.4 is 0 Å². The summed E-state index contributed by atoms with van der Waals surface area (Å²) in [5, 5.41) is 2.15. The Morgan fingerprint density at radius 3 is 1.94 bits per heavy atom. The van der Waals surface area contributed by atoms with E-state index < -0.39 is 28.7 Å². The highest BCUT2D eigenvalue weighted by Crippen LogP contribution is 2.51. The van der Waals surface area contributed by atoms with E-state index in [0.29, 0.717) is 19.4 Å². The summed E-state index contributed by atoms with van der Waals surface area (Å²) in [4.78, 5) is 32.2. The fourth-order valence-electron chi connectivity index (χ4n) is 5.66. The quantitative estimate of drug-likeness (QED) is 0.341. The number of piperidine rings is 1. The molecule has 2 aliphatic rings. The van der Waals surface area contributed by atoms with Crippen molar-refractivity contribution in [2.45, 2.75) is 90.5 Å². The van der Waals surface area contributed by atoms with Gasteiger partial charge in [-0.1, -0.05) is 44.2 Å². The smallest absolute Gasteiger partial charge is 0.328 e. The normalized spacial score (nSPS) is 22.2. The molecule has 202 valence electrons. The third kappa shape index (κ3) is 5.62. The second-order valence-corrected chi connectivity index (χ2v) is 10.5. The topological polar surface area (TPSA) is 83.5 Å². The maximum absolute atomic E-state index is 12.9. The number of hydroxylamine groups is 2. The summed E-state index contributed by atoms with van der Waals surface area (Å²) in [6.07, 6.45) is 3.55. The third-order valence-electron chi connectivity index (χ3n) is 7.55. The van der Waals surface area contributed by atoms with Crippen LogP contribution in [0.15, 0.2) is 30.3 Å². The highest BCUT2D eigenvalue weighted by atomic mass is 16.7. The lowest BCUT2D eigenvalue weighted by molar-refractivity contribution is -0.384. The zero-order valence-corrected chi connectivity index (χ0v) is 22.8. The minimum atomic E-state index is -1.62. The molecule has 0 saturated carbocycles. The first kappa shape index (κ1) is 28.6. The zero-order valence-electron chi connectivity index (χ0n) is 22.8. The Bertz CT molecular complexity index is 853. The van der Waals surface area contributed by atoms with E-state index in [9.17, 15) is 9.59 Å². The first-order chi connectivity index (χ1) is 17.1. The molecular weight excluding hydrogens is 462 g/mol. The summed E-state index contributed by atoms with van der Waals surface area (Å²) < 4.78 is 23.2. The molecule has 0 N–H and O–H groups in total. The molecule has 8 heteroatoms. The van der Waals surface area contributed by atoms with Crippen LogP contribution in [-0.2, 0) is 39.8 Å². The molecule has 2 saturated heterocycles. The molecular formula is C28H43NO7. The number of benzene rings is 1. The van der Waals surface area contributed by atoms with Gasteiger partial charge in [0.2, 0.25) is 5.41 Å². The van der Waals surface area contributed by atoms with Crippen LogP contribution in [-0.4, -0.2) is 66.9 Å². The second kappa shape index (κ2) is 11.6. The number of hydrogen-bond acceptors (Lipinski definition) is 8. The molecule has 2 fully saturated rings. The maximum atomic E-state index is 12.9. The van der Waals surface area contributed by atoms with E-state index >= 15 is 0 Å². The van der Waals surface area contributed by atoms with Gasteiger partial charge in [-0.05, 0) is 52.5 Å². The molecule has 1 spiro atoms. The van der Waals surface area contributed by atoms with Crippen LogP contribution in [0.3, 0.4) is 0 Å². The Kier molecular flexibility index (Phi) is 9.20. The average Bonchev–Trinajstić information content (AvgIpc) is 2.86. The minimum Gasteiger partial charge on any atom is -0.465 e. The van der Waals surface area contributed by atoms with Crippen LogP contribution in [0.2, 0.25) is 0 Å². The number of rotatable bonds is 10. The third-order valence-corrected chi connectivity index (χ3v) is 7.55. The molecule has 8 nitrogen and oxygen atoms in total. The second-order valence-electron chi connectivity index (χ2n) is 10.5. The summed E-state index contributed by atoms with van der Waals surface area (Å²) in [5.41, 5.74) is -1.15. The lowest BCUT2D eigenvalue weighted by atomic mass is 9.72. The van der Waals surface area contributed by atoms with Gasteiger partial charge >= 0.3 is 11.9 Å². The molecule has 3 rings (SSSR count). The van der Waals surface area contributed by atoms with Crippen molar-refractivity contribution >= 4 is 11.9 Å². The molecule has 0 aromatic heterocycles. The van der Waals surface area contributed by atoms with Crippen LogP contribution in [0.5, 0.6) is 0 Å². The van der Waals surface area contributed by atoms with Crippen LogP contribution in [0.4, 0.5) is 0 Å². The Morgan fingerprint density at radius 1 is 0.889 bits per heavy atom. The van der Waals surface area contributed by atoms with E-state index in [2.05, 4.69) is 44.9 Å². The number of carbonyl (C=O) groups is 2. The van der Waals surface area contributed by atoms with Crippen LogP contribution >= 0.6 is 0 Å². The van der Waals surface area contributed by atoms with Gasteiger partial charge in [-0.2, -0.15) is 5.06 Å². The van der Waals surface area contributed by atoms with Crippen molar-refractivity contribution in [3.05, 3.63) is 35.9 Å². The van der Waals surface area contributed by atoms with Gasteiger partial charge in [0.05, 0.1) is 38.6 Å². The Labute approximate surface area is 215 Å². The lowest BCUT2D eigenvalue weighted by Crippen LogP contribution is -2.70. The molecule has 1 aromatic rings. The molecule has 1 aromatic carbocycles. The molecule has 0 unspecified atom stereocenters. The van der Waals surface area contributed by atoms with Crippen molar-refractivity contribution in [3.8, 4) is 0 Å². The average molecular weight is 506 g/mol. The number of carbonyl (C=O) groups excluding carboxylic acids is 2. The van der Waals surface area contributed by atoms with E-state index in [1.807, 2.05) is 18.2 Å². The standard InChI is InChI=1S/C28H43NO7/c1-7-26(8-2)19-28(18-25(5,6)29(26)36-17-16-22-14-12-11-13-15-22)34-20-27(21-35-28,23(30)32-9-3)24(31)33-10-4/h11-15H,7-10,16-21H2,1-6H3. The monoisotopic (exact) mass is 505 g/mol. The predicted molar refractivity (Wildman–Crippen MR) is 135 cm³/mol. The number of ether oxygens (including phenoxy) is 4. The fourth-order valence-corrected chi connectivity index (χ4v) is 5.66. The van der Waals surface area contributed by atoms with Gasteiger partial charge < -0.3 is 18.9 Å². The zero-order chi connectivity index (χ0) is 26.5. The predicted octanol–water partition coefficient (Wildman–Crippen LogP) is 4.45. The summed E-state index contributed by atoms with van der Waals surface area (Å²) in [6, 6.07) is 10.3. The molecule has 0 bridgehead atoms. The van der Waals surface area contributed by atoms with Crippen molar-refractivity contribution in [2.75, 3.05) is 33.0 Å². The van der Waals surface area contributed by atoms with E-state index in [1.54, 1.807) is 13.8 Å². The fraction of sp³-hybridized carbons (Fsp3) is 0.714. The first-order valence-corrected chi connectivity index (χ1v) is 13.2. The number of hydrogen-bond donors (Lipinski definition) is 0. The van der Waals surface area contributed by atoms with E-state index in [1.165, 1.54) is 5.56 Å². The van der Waals surface area contributed by atoms with Crippen molar-refractivity contribution in [1.82, 2.24) is 5.06 Å². The van der Waals surface area contributed by atoms with Gasteiger partial charge in [0.25, 0.3) is 0 Å². The van der Waals surface area contributed by atoms with Crippen molar-refractivity contribution in [2.24, 2.45) is 5.41 Å². The highest BCUT2D eigenvalue weighted by Gasteiger charge is 2.63. The lowest BCUT2D eigenvalue weighted by Gasteiger charge is -2.60. The largest absolute Gasteiger partial charge is 0.465 e. The van der Waals surface area contributed by atoms with Crippen LogP contribution in [0.1, 0.15) is 72.8 Å². The van der Waals surface area contributed by atoms with Gasteiger partial charge in [0.1, 0.15) is 0 Å². The number of nitrogens with zero attached hydrogens (tertiary/aromatic N) is 1. The Hall–Kier alpha value is -2.00. The first-order valence-electron chi connectivity index (χ1n) is 13.2. The Morgan fingerprint density at radius 2 is 1.44 bits per heavy atom. The SMILES string of the molecule is CCOC(=O)C1(C(=O)OCC)COC2(CC(C)(C)N(OCCc3ccccc3)C(CC)(CC)C2)OC1. The summed E-state index contributed by atoms with van der Waals surface area (Å²) in [7, 11) is 0. The summed E-state index contributed by atoms with van der Waals surface area (Å²) in [6.45, 7) is 12.6. The molecule has 36 heavy (non-hydrogen) atoms. The molecule has 2 heterocycles. The molecule has 0 atom stereocenters. The Balaban J connectivity index is 1.80. The van der Waals surface area contributed by atoms with Crippen LogP contribution in [0, 0.1) is 5.41 Å². The van der Waals surface area contributed by atoms with Gasteiger partial charge in [-0.3, -0.25) is 14.4 Å². The summed E-state index contributed by atoms with van der Waals surface area (Å²) >= 11 is 0. The maximum Gasteiger partial charge on any atom is 0.328 e. The van der Waals surface area contributed by atoms with Crippen molar-refractivity contribution < 1.29 is 33.4 Å². The van der Waals surface area contributed by atoms with Gasteiger partial charge in [-0.15, -0.1) is 0 Å². The van der Waals surface area contributed by atoms with Crippen LogP contribution in [0.25, 0.3) is 0 Å². The summed E-state index contributed by atoms with van der Waals surface area (Å²) in [5.74, 6) is -2.29. The molecule has 2 aliphatic heterocycles. The van der Waals surface area contributed by atoms with Gasteiger partial charge in [-0.25, -0.2) is 0 Å². The van der Waals surface area contributed by atoms with Crippen molar-refractivity contribution in [3.63, 3.8) is 0 Å². The number of esters is 2. The van der Waals surface area contributed by atoms with Gasteiger partial charge in [0.15, 0.2) is 5.79 Å². The van der Waals surface area contributed by atoms with E-state index in [0.717, 1.165) is 19.3 Å². The van der Waals surface area contributed by atoms with Gasteiger partial charge in [0, 0.05) is 18.4 Å². The molecule has 0 radical (unpaired) electrons. The molecule has 0 aliphatic carbocycles. The van der Waals surface area contributed by atoms with E-state index in [4.69, 9.17) is 23.8 Å². The highest BCUT2D eigenvalue weighted by molar-refractivity contribution is 6.00. The molecule has 0 amide bonds.